The summed E-state index contributed by atoms with van der Waals surface area (Å²) >= 11 is 0. The Balaban J connectivity index is 1.57. The molecule has 0 spiro atoms. The third-order valence-corrected chi connectivity index (χ3v) is 6.36. The van der Waals surface area contributed by atoms with Crippen LogP contribution in [0.3, 0.4) is 0 Å². The van der Waals surface area contributed by atoms with Crippen molar-refractivity contribution in [1.82, 2.24) is 29.8 Å². The molecule has 1 amide bonds. The van der Waals surface area contributed by atoms with Crippen LogP contribution in [0.4, 0.5) is 19.0 Å². The minimum Gasteiger partial charge on any atom is -0.495 e. The van der Waals surface area contributed by atoms with Crippen LogP contribution >= 0.6 is 0 Å². The third kappa shape index (κ3) is 5.13. The number of aliphatic hydroxyl groups excluding tert-OH is 2. The smallest absolute Gasteiger partial charge is 0.416 e. The fraction of sp³-hybridized carbons (Fsp3) is 0.320. The lowest BCUT2D eigenvalue weighted by atomic mass is 10.1. The lowest BCUT2D eigenvalue weighted by molar-refractivity contribution is -0.138. The summed E-state index contributed by atoms with van der Waals surface area (Å²) in [4.78, 5) is 29.7. The van der Waals surface area contributed by atoms with Gasteiger partial charge in [-0.1, -0.05) is 12.1 Å². The predicted octanol–water partition coefficient (Wildman–Crippen LogP) is 1.89. The van der Waals surface area contributed by atoms with Crippen molar-refractivity contribution in [2.24, 2.45) is 0 Å². The second kappa shape index (κ2) is 10.7. The number of likely N-dealkylation sites (N-methyl/N-ethyl adjacent to an activating group) is 1. The van der Waals surface area contributed by atoms with Gasteiger partial charge in [-0.25, -0.2) is 15.0 Å². The first-order valence-corrected chi connectivity index (χ1v) is 12.0. The summed E-state index contributed by atoms with van der Waals surface area (Å²) in [6.07, 6.45) is -5.81. The van der Waals surface area contributed by atoms with E-state index in [1.165, 1.54) is 49.6 Å². The maximum atomic E-state index is 13.2. The molecule has 1 aromatic carbocycles. The quantitative estimate of drug-likeness (QED) is 0.264. The second-order valence-corrected chi connectivity index (χ2v) is 8.93. The fourth-order valence-electron chi connectivity index (χ4n) is 4.30. The minimum absolute atomic E-state index is 0.0291. The van der Waals surface area contributed by atoms with Gasteiger partial charge in [0.25, 0.3) is 5.91 Å². The highest BCUT2D eigenvalue weighted by molar-refractivity contribution is 5.85. The van der Waals surface area contributed by atoms with Gasteiger partial charge in [0.05, 0.1) is 25.2 Å². The molecule has 4 unspecified atom stereocenters. The van der Waals surface area contributed by atoms with E-state index in [9.17, 15) is 28.2 Å². The number of halogens is 3. The van der Waals surface area contributed by atoms with E-state index in [0.717, 1.165) is 12.1 Å². The first kappa shape index (κ1) is 27.2. The number of nitrogens with zero attached hydrogens (tertiary/aromatic N) is 5. The molecule has 0 radical (unpaired) electrons. The second-order valence-electron chi connectivity index (χ2n) is 8.93. The molecule has 1 aliphatic heterocycles. The monoisotopic (exact) mass is 559 g/mol. The number of ether oxygens (including phenoxy) is 2. The number of imidazole rings is 1. The van der Waals surface area contributed by atoms with E-state index in [1.54, 1.807) is 6.07 Å². The van der Waals surface area contributed by atoms with E-state index in [1.807, 2.05) is 0 Å². The molecule has 4 N–H and O–H groups in total. The number of pyridine rings is 1. The van der Waals surface area contributed by atoms with Crippen LogP contribution in [0.15, 0.2) is 49.1 Å². The Bertz CT molecular complexity index is 1550. The number of alkyl halides is 3. The van der Waals surface area contributed by atoms with Crippen LogP contribution in [-0.2, 0) is 22.3 Å². The van der Waals surface area contributed by atoms with E-state index in [4.69, 9.17) is 9.47 Å². The first-order chi connectivity index (χ1) is 19.1. The van der Waals surface area contributed by atoms with Crippen molar-refractivity contribution >= 4 is 22.9 Å². The lowest BCUT2D eigenvalue weighted by Gasteiger charge is -2.17. The van der Waals surface area contributed by atoms with Crippen LogP contribution in [0.2, 0.25) is 0 Å². The molecule has 15 heteroatoms. The van der Waals surface area contributed by atoms with Gasteiger partial charge in [-0.2, -0.15) is 13.2 Å². The molecular formula is C25H24F3N7O5. The molecule has 40 heavy (non-hydrogen) atoms. The van der Waals surface area contributed by atoms with Crippen molar-refractivity contribution in [3.8, 4) is 17.1 Å². The highest BCUT2D eigenvalue weighted by atomic mass is 19.4. The van der Waals surface area contributed by atoms with Crippen molar-refractivity contribution < 1.29 is 37.7 Å². The number of hydrogen-bond donors (Lipinski definition) is 4. The number of amides is 1. The van der Waals surface area contributed by atoms with Crippen LogP contribution in [0.5, 0.6) is 5.75 Å². The average Bonchev–Trinajstić information content (AvgIpc) is 3.51. The van der Waals surface area contributed by atoms with Gasteiger partial charge < -0.3 is 30.3 Å². The van der Waals surface area contributed by atoms with E-state index in [-0.39, 0.29) is 29.4 Å². The number of aliphatic hydroxyl groups is 2. The van der Waals surface area contributed by atoms with Crippen LogP contribution in [0.1, 0.15) is 17.4 Å². The normalized spacial score (nSPS) is 21.0. The summed E-state index contributed by atoms with van der Waals surface area (Å²) in [5, 5.41) is 26.5. The lowest BCUT2D eigenvalue weighted by Crippen LogP contribution is -2.41. The van der Waals surface area contributed by atoms with Crippen LogP contribution in [0, 0.1) is 0 Å². The zero-order chi connectivity index (χ0) is 28.6. The number of fused-ring (bicyclic) bond motifs is 1. The van der Waals surface area contributed by atoms with Crippen LogP contribution in [-0.4, -0.2) is 73.1 Å². The Morgan fingerprint density at radius 3 is 2.70 bits per heavy atom. The van der Waals surface area contributed by atoms with E-state index < -0.39 is 42.2 Å². The Morgan fingerprint density at radius 1 is 1.18 bits per heavy atom. The van der Waals surface area contributed by atoms with Gasteiger partial charge >= 0.3 is 6.18 Å². The van der Waals surface area contributed by atoms with E-state index in [0.29, 0.717) is 16.9 Å². The number of benzene rings is 1. The predicted molar refractivity (Wildman–Crippen MR) is 134 cm³/mol. The highest BCUT2D eigenvalue weighted by Crippen LogP contribution is 2.34. The van der Waals surface area contributed by atoms with E-state index >= 15 is 0 Å². The van der Waals surface area contributed by atoms with Crippen molar-refractivity contribution in [2.75, 3.05) is 19.5 Å². The summed E-state index contributed by atoms with van der Waals surface area (Å²) in [5.41, 5.74) is 0.376. The van der Waals surface area contributed by atoms with Crippen molar-refractivity contribution in [1.29, 1.82) is 0 Å². The number of methoxy groups -OCH3 is 1. The molecule has 12 nitrogen and oxygen atoms in total. The first-order valence-electron chi connectivity index (χ1n) is 12.0. The Kier molecular flexibility index (Phi) is 7.27. The SMILES string of the molecule is CNC(=O)C1OC(n2cnc3c(NCc4cccc(C(F)(F)F)c4)nc(-c4cncc(OC)c4)nc32)C(O)C1O. The van der Waals surface area contributed by atoms with Gasteiger partial charge in [-0.3, -0.25) is 14.3 Å². The van der Waals surface area contributed by atoms with Gasteiger partial charge in [-0.15, -0.1) is 0 Å². The number of hydrogen-bond acceptors (Lipinski definition) is 10. The maximum Gasteiger partial charge on any atom is 0.416 e. The van der Waals surface area contributed by atoms with E-state index in [2.05, 4.69) is 30.6 Å². The number of carbonyl (C=O) groups is 1. The van der Waals surface area contributed by atoms with Crippen molar-refractivity contribution in [3.05, 3.63) is 60.2 Å². The largest absolute Gasteiger partial charge is 0.495 e. The number of nitrogens with one attached hydrogen (secondary N) is 2. The third-order valence-electron chi connectivity index (χ3n) is 6.36. The van der Waals surface area contributed by atoms with Crippen molar-refractivity contribution in [3.63, 3.8) is 0 Å². The van der Waals surface area contributed by atoms with Crippen LogP contribution < -0.4 is 15.4 Å². The van der Waals surface area contributed by atoms with Gasteiger partial charge in [0, 0.05) is 25.4 Å². The van der Waals surface area contributed by atoms with Gasteiger partial charge in [0.1, 0.15) is 18.0 Å². The van der Waals surface area contributed by atoms with Crippen LogP contribution in [0.25, 0.3) is 22.6 Å². The van der Waals surface area contributed by atoms with Gasteiger partial charge in [-0.05, 0) is 23.8 Å². The zero-order valence-electron chi connectivity index (χ0n) is 21.1. The molecule has 4 heterocycles. The molecule has 5 rings (SSSR count). The molecule has 1 saturated heterocycles. The molecule has 4 aromatic rings. The summed E-state index contributed by atoms with van der Waals surface area (Å²) in [6.45, 7) is -0.0291. The summed E-state index contributed by atoms with van der Waals surface area (Å²) in [5.74, 6) is 0.136. The Hall–Kier alpha value is -4.34. The number of carbonyl (C=O) groups excluding carboxylic acids is 1. The average molecular weight is 560 g/mol. The maximum absolute atomic E-state index is 13.2. The van der Waals surface area contributed by atoms with Gasteiger partial charge in [0.2, 0.25) is 0 Å². The minimum atomic E-state index is -4.50. The molecule has 4 atom stereocenters. The number of aromatic nitrogens is 5. The van der Waals surface area contributed by atoms with Crippen molar-refractivity contribution in [2.45, 2.75) is 37.3 Å². The topological polar surface area (TPSA) is 157 Å². The number of anilines is 1. The Labute approximate surface area is 224 Å². The molecule has 3 aromatic heterocycles. The van der Waals surface area contributed by atoms with Gasteiger partial charge in [0.15, 0.2) is 35.1 Å². The molecule has 1 fully saturated rings. The number of rotatable bonds is 7. The summed E-state index contributed by atoms with van der Waals surface area (Å²) in [6, 6.07) is 6.49. The molecule has 210 valence electrons. The Morgan fingerprint density at radius 2 is 1.98 bits per heavy atom. The highest BCUT2D eigenvalue weighted by Gasteiger charge is 2.47. The molecule has 0 aliphatic carbocycles. The fourth-order valence-corrected chi connectivity index (χ4v) is 4.30. The summed E-state index contributed by atoms with van der Waals surface area (Å²) in [7, 11) is 2.84. The molecule has 0 bridgehead atoms. The molecular weight excluding hydrogens is 535 g/mol. The summed E-state index contributed by atoms with van der Waals surface area (Å²) < 4.78 is 51.9. The molecule has 1 aliphatic rings. The standard InChI is InChI=1S/C25H24F3N7O5/c1-29-23(38)19-17(36)18(37)24(40-19)35-11-32-16-21(31-8-12-4-3-5-14(6-12)25(26,27)28)33-20(34-22(16)35)13-7-15(39-2)10-30-9-13/h3-7,9-11,17-19,24,36-37H,8H2,1-2H3,(H,29,38)(H,31,33,34). The zero-order valence-corrected chi connectivity index (χ0v) is 21.1. The molecule has 0 saturated carbocycles.